The van der Waals surface area contributed by atoms with Gasteiger partial charge in [-0.3, -0.25) is 0 Å². The molecule has 2 aromatic heterocycles. The highest BCUT2D eigenvalue weighted by molar-refractivity contribution is 7.09. The fraction of sp³-hybridized carbons (Fsp3) is 0.100. The maximum atomic E-state index is 5.52. The molecule has 0 spiro atoms. The molecule has 0 unspecified atom stereocenters. The molecule has 3 nitrogen and oxygen atoms in total. The zero-order valence-corrected chi connectivity index (χ0v) is 8.33. The van der Waals surface area contributed by atoms with Gasteiger partial charge in [0.2, 0.25) is 5.88 Å². The van der Waals surface area contributed by atoms with Crippen LogP contribution in [-0.2, 0) is 6.61 Å². The largest absolute Gasteiger partial charge is 0.472 e. The second kappa shape index (κ2) is 4.11. The minimum Gasteiger partial charge on any atom is -0.472 e. The van der Waals surface area contributed by atoms with Crippen LogP contribution in [0.15, 0.2) is 35.7 Å². The quantitative estimate of drug-likeness (QED) is 0.838. The molecule has 0 aromatic carbocycles. The first-order valence-electron chi connectivity index (χ1n) is 4.22. The molecule has 0 radical (unpaired) electrons. The molecule has 0 aliphatic heterocycles. The van der Waals surface area contributed by atoms with Gasteiger partial charge in [-0.05, 0) is 17.5 Å². The Morgan fingerprint density at radius 3 is 2.93 bits per heavy atom. The topological polar surface area (TPSA) is 48.1 Å². The number of thiophene rings is 1. The summed E-state index contributed by atoms with van der Waals surface area (Å²) in [5.41, 5.74) is 5.52. The van der Waals surface area contributed by atoms with Crippen LogP contribution in [0.3, 0.4) is 0 Å². The van der Waals surface area contributed by atoms with E-state index in [1.807, 2.05) is 23.6 Å². The summed E-state index contributed by atoms with van der Waals surface area (Å²) in [6.45, 7) is 0.550. The molecule has 0 saturated carbocycles. The van der Waals surface area contributed by atoms with Crippen molar-refractivity contribution in [2.45, 2.75) is 6.61 Å². The molecular weight excluding hydrogens is 196 g/mol. The number of hydrogen-bond acceptors (Lipinski definition) is 4. The van der Waals surface area contributed by atoms with Crippen molar-refractivity contribution < 1.29 is 4.74 Å². The first-order valence-corrected chi connectivity index (χ1v) is 5.10. The molecule has 0 aliphatic rings. The maximum Gasteiger partial charge on any atom is 0.215 e. The van der Waals surface area contributed by atoms with E-state index in [2.05, 4.69) is 4.98 Å². The number of aromatic nitrogens is 1. The molecule has 2 N–H and O–H groups in total. The van der Waals surface area contributed by atoms with E-state index in [1.165, 1.54) is 4.88 Å². The van der Waals surface area contributed by atoms with Gasteiger partial charge in [0.15, 0.2) is 0 Å². The molecule has 72 valence electrons. The second-order valence-electron chi connectivity index (χ2n) is 2.77. The standard InChI is InChI=1S/C10H10N2OS/c11-9-4-1-5-10(12-9)13-7-8-3-2-6-14-8/h1-6H,7H2,(H2,11,12). The summed E-state index contributed by atoms with van der Waals surface area (Å²) in [4.78, 5) is 5.21. The van der Waals surface area contributed by atoms with Crippen LogP contribution in [0.4, 0.5) is 5.82 Å². The van der Waals surface area contributed by atoms with Gasteiger partial charge in [-0.2, -0.15) is 4.98 Å². The van der Waals surface area contributed by atoms with Crippen molar-refractivity contribution >= 4 is 17.2 Å². The fourth-order valence-electron chi connectivity index (χ4n) is 1.05. The van der Waals surface area contributed by atoms with Gasteiger partial charge in [0, 0.05) is 10.9 Å². The number of hydrogen-bond donors (Lipinski definition) is 1. The fourth-order valence-corrected chi connectivity index (χ4v) is 1.67. The first kappa shape index (κ1) is 9.02. The van der Waals surface area contributed by atoms with Gasteiger partial charge in [0.25, 0.3) is 0 Å². The highest BCUT2D eigenvalue weighted by Gasteiger charge is 1.97. The van der Waals surface area contributed by atoms with Crippen LogP contribution in [0.1, 0.15) is 4.88 Å². The molecular formula is C10H10N2OS. The zero-order chi connectivity index (χ0) is 9.80. The maximum absolute atomic E-state index is 5.52. The number of nitrogens with two attached hydrogens (primary N) is 1. The highest BCUT2D eigenvalue weighted by atomic mass is 32.1. The summed E-state index contributed by atoms with van der Waals surface area (Å²) in [7, 11) is 0. The lowest BCUT2D eigenvalue weighted by atomic mass is 10.4. The number of pyridine rings is 1. The van der Waals surface area contributed by atoms with Crippen molar-refractivity contribution in [1.82, 2.24) is 4.98 Å². The van der Waals surface area contributed by atoms with Gasteiger partial charge in [-0.25, -0.2) is 0 Å². The molecule has 2 rings (SSSR count). The van der Waals surface area contributed by atoms with E-state index in [9.17, 15) is 0 Å². The predicted molar refractivity (Wildman–Crippen MR) is 57.3 cm³/mol. The van der Waals surface area contributed by atoms with Crippen LogP contribution in [0.5, 0.6) is 5.88 Å². The van der Waals surface area contributed by atoms with Crippen LogP contribution < -0.4 is 10.5 Å². The van der Waals surface area contributed by atoms with Crippen molar-refractivity contribution in [3.8, 4) is 5.88 Å². The van der Waals surface area contributed by atoms with E-state index >= 15 is 0 Å². The number of rotatable bonds is 3. The van der Waals surface area contributed by atoms with E-state index in [-0.39, 0.29) is 0 Å². The van der Waals surface area contributed by atoms with Gasteiger partial charge in [-0.1, -0.05) is 12.1 Å². The lowest BCUT2D eigenvalue weighted by molar-refractivity contribution is 0.298. The molecule has 0 atom stereocenters. The highest BCUT2D eigenvalue weighted by Crippen LogP contribution is 2.14. The third kappa shape index (κ3) is 2.23. The van der Waals surface area contributed by atoms with E-state index in [1.54, 1.807) is 23.5 Å². The summed E-state index contributed by atoms with van der Waals surface area (Å²) in [6, 6.07) is 9.38. The Hall–Kier alpha value is -1.55. The average molecular weight is 206 g/mol. The summed E-state index contributed by atoms with van der Waals surface area (Å²) < 4.78 is 5.45. The Kier molecular flexibility index (Phi) is 2.65. The first-order chi connectivity index (χ1) is 6.84. The molecule has 0 aliphatic carbocycles. The Morgan fingerprint density at radius 1 is 1.29 bits per heavy atom. The number of anilines is 1. The molecule has 0 amide bonds. The number of ether oxygens (including phenoxy) is 1. The summed E-state index contributed by atoms with van der Waals surface area (Å²) in [5, 5.41) is 2.02. The van der Waals surface area contributed by atoms with Crippen molar-refractivity contribution in [3.05, 3.63) is 40.6 Å². The van der Waals surface area contributed by atoms with Crippen LogP contribution in [-0.4, -0.2) is 4.98 Å². The van der Waals surface area contributed by atoms with Gasteiger partial charge < -0.3 is 10.5 Å². The van der Waals surface area contributed by atoms with E-state index < -0.39 is 0 Å². The molecule has 4 heteroatoms. The lowest BCUT2D eigenvalue weighted by Gasteiger charge is -2.03. The minimum absolute atomic E-state index is 0.480. The van der Waals surface area contributed by atoms with Gasteiger partial charge >= 0.3 is 0 Å². The zero-order valence-electron chi connectivity index (χ0n) is 7.51. The molecule has 0 fully saturated rings. The Labute approximate surface area is 86.2 Å². The monoisotopic (exact) mass is 206 g/mol. The van der Waals surface area contributed by atoms with Crippen molar-refractivity contribution in [1.29, 1.82) is 0 Å². The summed E-state index contributed by atoms with van der Waals surface area (Å²) in [6.07, 6.45) is 0. The SMILES string of the molecule is Nc1cccc(OCc2cccs2)n1. The molecule has 14 heavy (non-hydrogen) atoms. The Balaban J connectivity index is 1.98. The van der Waals surface area contributed by atoms with Gasteiger partial charge in [-0.15, -0.1) is 11.3 Å². The average Bonchev–Trinajstić information content (AvgIpc) is 2.67. The molecule has 2 aromatic rings. The van der Waals surface area contributed by atoms with Crippen LogP contribution in [0.25, 0.3) is 0 Å². The normalized spacial score (nSPS) is 10.0. The number of nitrogen functional groups attached to an aromatic ring is 1. The van der Waals surface area contributed by atoms with E-state index in [0.717, 1.165) is 0 Å². The Morgan fingerprint density at radius 2 is 2.21 bits per heavy atom. The molecule has 2 heterocycles. The second-order valence-corrected chi connectivity index (χ2v) is 3.80. The van der Waals surface area contributed by atoms with Crippen molar-refractivity contribution in [3.63, 3.8) is 0 Å². The third-order valence-electron chi connectivity index (χ3n) is 1.69. The molecule has 0 saturated heterocycles. The smallest absolute Gasteiger partial charge is 0.215 e. The Bertz CT molecular complexity index is 400. The summed E-state index contributed by atoms with van der Waals surface area (Å²) >= 11 is 1.66. The van der Waals surface area contributed by atoms with Crippen molar-refractivity contribution in [2.24, 2.45) is 0 Å². The van der Waals surface area contributed by atoms with Gasteiger partial charge in [0.05, 0.1) is 0 Å². The van der Waals surface area contributed by atoms with E-state index in [4.69, 9.17) is 10.5 Å². The predicted octanol–water partition coefficient (Wildman–Crippen LogP) is 2.30. The van der Waals surface area contributed by atoms with Crippen LogP contribution in [0.2, 0.25) is 0 Å². The van der Waals surface area contributed by atoms with Crippen LogP contribution in [0, 0.1) is 0 Å². The van der Waals surface area contributed by atoms with Crippen molar-refractivity contribution in [2.75, 3.05) is 5.73 Å². The minimum atomic E-state index is 0.480. The molecule has 0 bridgehead atoms. The third-order valence-corrected chi connectivity index (χ3v) is 2.54. The summed E-state index contributed by atoms with van der Waals surface area (Å²) in [5.74, 6) is 1.05. The van der Waals surface area contributed by atoms with E-state index in [0.29, 0.717) is 18.3 Å². The number of nitrogens with zero attached hydrogens (tertiary/aromatic N) is 1. The van der Waals surface area contributed by atoms with Crippen LogP contribution >= 0.6 is 11.3 Å². The lowest BCUT2D eigenvalue weighted by Crippen LogP contribution is -1.97. The van der Waals surface area contributed by atoms with Gasteiger partial charge in [0.1, 0.15) is 12.4 Å².